The van der Waals surface area contributed by atoms with E-state index in [1.807, 2.05) is 0 Å². The van der Waals surface area contributed by atoms with Crippen molar-refractivity contribution < 1.29 is 14.6 Å². The molecular weight excluding hydrogens is 627 g/mol. The monoisotopic (exact) mass is 722 g/mol. The lowest BCUT2D eigenvalue weighted by atomic mass is 9.92. The van der Waals surface area contributed by atoms with Gasteiger partial charge >= 0.3 is 5.97 Å². The lowest BCUT2D eigenvalue weighted by Crippen LogP contribution is -2.29. The molecule has 0 bridgehead atoms. The van der Waals surface area contributed by atoms with Crippen molar-refractivity contribution in [1.29, 1.82) is 0 Å². The summed E-state index contributed by atoms with van der Waals surface area (Å²) in [6.07, 6.45) is 43.5. The molecule has 0 saturated heterocycles. The van der Waals surface area contributed by atoms with Gasteiger partial charge in [0.2, 0.25) is 0 Å². The number of rotatable bonds is 42. The van der Waals surface area contributed by atoms with Crippen molar-refractivity contribution in [3.63, 3.8) is 0 Å². The van der Waals surface area contributed by atoms with E-state index in [1.54, 1.807) is 0 Å². The molecule has 1 N–H and O–H groups in total. The van der Waals surface area contributed by atoms with Gasteiger partial charge in [-0.15, -0.1) is 0 Å². The number of ether oxygens (including phenoxy) is 1. The average molecular weight is 722 g/mol. The van der Waals surface area contributed by atoms with Crippen LogP contribution in [0.15, 0.2) is 0 Å². The standard InChI is InChI=1S/C47H95NO3/c1-6-9-12-15-19-25-33-44(4)35-32-36-45(5)34-26-24-31-41-48(42-43-49)40-30-23-18-22-29-39-47(50)51-46(37-27-20-16-13-10-7-2)38-28-21-17-14-11-8-3/h44-46,49H,6-43H2,1-5H3. The summed E-state index contributed by atoms with van der Waals surface area (Å²) in [4.78, 5) is 15.2. The summed E-state index contributed by atoms with van der Waals surface area (Å²) < 4.78 is 6.04. The number of carbonyl (C=O) groups is 1. The first-order valence-corrected chi connectivity index (χ1v) is 23.5. The number of aliphatic hydroxyl groups excluding tert-OH is 1. The predicted molar refractivity (Wildman–Crippen MR) is 226 cm³/mol. The summed E-state index contributed by atoms with van der Waals surface area (Å²) in [5, 5.41) is 9.61. The van der Waals surface area contributed by atoms with Gasteiger partial charge in [0.25, 0.3) is 0 Å². The van der Waals surface area contributed by atoms with Gasteiger partial charge in [-0.2, -0.15) is 0 Å². The van der Waals surface area contributed by atoms with Crippen LogP contribution in [0.1, 0.15) is 253 Å². The SMILES string of the molecule is CCCCCCCCC(C)CCCC(C)CCCCCN(CCO)CCCCCCCC(=O)OC(CCCCCCCC)CCCCCCCC. The largest absolute Gasteiger partial charge is 0.462 e. The molecule has 0 aromatic heterocycles. The zero-order valence-electron chi connectivity index (χ0n) is 35.8. The van der Waals surface area contributed by atoms with Crippen molar-refractivity contribution >= 4 is 5.97 Å². The molecule has 0 radical (unpaired) electrons. The van der Waals surface area contributed by atoms with Gasteiger partial charge in [0, 0.05) is 13.0 Å². The van der Waals surface area contributed by atoms with Crippen LogP contribution >= 0.6 is 0 Å². The third kappa shape index (κ3) is 37.5. The van der Waals surface area contributed by atoms with Crippen LogP contribution in [0.2, 0.25) is 0 Å². The van der Waals surface area contributed by atoms with Crippen molar-refractivity contribution in [2.45, 2.75) is 259 Å². The molecule has 0 amide bonds. The van der Waals surface area contributed by atoms with E-state index in [1.165, 1.54) is 186 Å². The first-order chi connectivity index (χ1) is 25.0. The van der Waals surface area contributed by atoms with E-state index in [9.17, 15) is 9.90 Å². The molecule has 4 nitrogen and oxygen atoms in total. The van der Waals surface area contributed by atoms with Gasteiger partial charge in [-0.25, -0.2) is 0 Å². The van der Waals surface area contributed by atoms with E-state index in [2.05, 4.69) is 39.5 Å². The van der Waals surface area contributed by atoms with Crippen LogP contribution in [0.3, 0.4) is 0 Å². The number of unbranched alkanes of at least 4 members (excludes halogenated alkanes) is 21. The zero-order chi connectivity index (χ0) is 37.5. The van der Waals surface area contributed by atoms with Crippen LogP contribution in [-0.4, -0.2) is 48.3 Å². The minimum atomic E-state index is 0.0360. The van der Waals surface area contributed by atoms with Crippen molar-refractivity contribution in [2.24, 2.45) is 11.8 Å². The maximum Gasteiger partial charge on any atom is 0.306 e. The summed E-state index contributed by atoms with van der Waals surface area (Å²) in [5.74, 6) is 1.80. The van der Waals surface area contributed by atoms with Crippen molar-refractivity contribution in [3.05, 3.63) is 0 Å². The molecule has 0 spiro atoms. The molecule has 2 atom stereocenters. The highest BCUT2D eigenvalue weighted by Crippen LogP contribution is 2.22. The van der Waals surface area contributed by atoms with Gasteiger partial charge in [-0.05, 0) is 69.9 Å². The molecule has 0 aromatic carbocycles. The van der Waals surface area contributed by atoms with Crippen LogP contribution in [0.5, 0.6) is 0 Å². The van der Waals surface area contributed by atoms with Crippen LogP contribution in [0.4, 0.5) is 0 Å². The normalized spacial score (nSPS) is 13.0. The van der Waals surface area contributed by atoms with Crippen LogP contribution in [-0.2, 0) is 9.53 Å². The number of nitrogens with zero attached hydrogens (tertiary/aromatic N) is 1. The summed E-state index contributed by atoms with van der Waals surface area (Å²) in [5.41, 5.74) is 0. The topological polar surface area (TPSA) is 49.8 Å². The molecule has 306 valence electrons. The molecule has 0 rings (SSSR count). The fourth-order valence-corrected chi connectivity index (χ4v) is 7.81. The van der Waals surface area contributed by atoms with E-state index in [0.29, 0.717) is 6.42 Å². The van der Waals surface area contributed by atoms with Gasteiger partial charge < -0.3 is 14.7 Å². The number of hydrogen-bond acceptors (Lipinski definition) is 4. The molecule has 2 unspecified atom stereocenters. The van der Waals surface area contributed by atoms with Crippen molar-refractivity contribution in [3.8, 4) is 0 Å². The van der Waals surface area contributed by atoms with E-state index in [-0.39, 0.29) is 18.7 Å². The fraction of sp³-hybridized carbons (Fsp3) is 0.979. The molecule has 0 aliphatic rings. The Hall–Kier alpha value is -0.610. The number of esters is 1. The Morgan fingerprint density at radius 2 is 0.804 bits per heavy atom. The van der Waals surface area contributed by atoms with Crippen LogP contribution in [0, 0.1) is 11.8 Å². The minimum absolute atomic E-state index is 0.0360. The van der Waals surface area contributed by atoms with Gasteiger partial charge in [0.1, 0.15) is 6.10 Å². The molecule has 0 fully saturated rings. The molecular formula is C47H95NO3. The fourth-order valence-electron chi connectivity index (χ4n) is 7.81. The van der Waals surface area contributed by atoms with Crippen LogP contribution < -0.4 is 0 Å². The van der Waals surface area contributed by atoms with E-state index >= 15 is 0 Å². The molecule has 0 aliphatic heterocycles. The first-order valence-electron chi connectivity index (χ1n) is 23.5. The second kappa shape index (κ2) is 40.6. The second-order valence-electron chi connectivity index (χ2n) is 16.9. The number of carbonyl (C=O) groups excluding carboxylic acids is 1. The highest BCUT2D eigenvalue weighted by atomic mass is 16.5. The van der Waals surface area contributed by atoms with Gasteiger partial charge in [0.15, 0.2) is 0 Å². The Labute approximate surface area is 321 Å². The van der Waals surface area contributed by atoms with Crippen molar-refractivity contribution in [2.75, 3.05) is 26.2 Å². The lowest BCUT2D eigenvalue weighted by molar-refractivity contribution is -0.150. The highest BCUT2D eigenvalue weighted by molar-refractivity contribution is 5.69. The Kier molecular flexibility index (Phi) is 40.1. The van der Waals surface area contributed by atoms with Gasteiger partial charge in [0.05, 0.1) is 6.61 Å². The molecule has 51 heavy (non-hydrogen) atoms. The quantitative estimate of drug-likeness (QED) is 0.0504. The smallest absolute Gasteiger partial charge is 0.306 e. The maximum absolute atomic E-state index is 12.7. The van der Waals surface area contributed by atoms with E-state index in [0.717, 1.165) is 57.2 Å². The summed E-state index contributed by atoms with van der Waals surface area (Å²) in [6, 6.07) is 0. The predicted octanol–water partition coefficient (Wildman–Crippen LogP) is 14.8. The van der Waals surface area contributed by atoms with Gasteiger partial charge in [-0.1, -0.05) is 202 Å². The molecule has 0 heterocycles. The highest BCUT2D eigenvalue weighted by Gasteiger charge is 2.14. The Bertz CT molecular complexity index is 668. The van der Waals surface area contributed by atoms with E-state index in [4.69, 9.17) is 4.74 Å². The Balaban J connectivity index is 4.00. The number of aliphatic hydroxyl groups is 1. The summed E-state index contributed by atoms with van der Waals surface area (Å²) in [6.45, 7) is 15.0. The van der Waals surface area contributed by atoms with Crippen LogP contribution in [0.25, 0.3) is 0 Å². The Morgan fingerprint density at radius 3 is 1.25 bits per heavy atom. The summed E-state index contributed by atoms with van der Waals surface area (Å²) >= 11 is 0. The molecule has 0 aliphatic carbocycles. The lowest BCUT2D eigenvalue weighted by Gasteiger charge is -2.21. The minimum Gasteiger partial charge on any atom is -0.462 e. The van der Waals surface area contributed by atoms with E-state index < -0.39 is 0 Å². The Morgan fingerprint density at radius 1 is 0.451 bits per heavy atom. The molecule has 0 saturated carbocycles. The average Bonchev–Trinajstić information content (AvgIpc) is 3.11. The summed E-state index contributed by atoms with van der Waals surface area (Å²) in [7, 11) is 0. The van der Waals surface area contributed by atoms with Gasteiger partial charge in [-0.3, -0.25) is 4.79 Å². The number of hydrogen-bond donors (Lipinski definition) is 1. The second-order valence-corrected chi connectivity index (χ2v) is 16.9. The zero-order valence-corrected chi connectivity index (χ0v) is 35.8. The third-order valence-corrected chi connectivity index (χ3v) is 11.4. The third-order valence-electron chi connectivity index (χ3n) is 11.4. The van der Waals surface area contributed by atoms with Crippen molar-refractivity contribution in [1.82, 2.24) is 4.90 Å². The molecule has 0 aromatic rings. The first kappa shape index (κ1) is 50.4. The maximum atomic E-state index is 12.7. The molecule has 4 heteroatoms.